The van der Waals surface area contributed by atoms with Gasteiger partial charge in [-0.1, -0.05) is 54.9 Å². The molecule has 0 spiro atoms. The number of likely N-dealkylation sites (N-methyl/N-ethyl adjacent to an activating group) is 1. The van der Waals surface area contributed by atoms with Crippen molar-refractivity contribution in [3.63, 3.8) is 0 Å². The van der Waals surface area contributed by atoms with Gasteiger partial charge in [-0.3, -0.25) is 9.69 Å². The van der Waals surface area contributed by atoms with Crippen molar-refractivity contribution < 1.29 is 4.79 Å². The standard InChI is InChI=1S/C19H20ClNO/c1-13-18(16-5-3-4-6-17(16)19(13)22)21(2)12-11-14-7-9-15(20)10-8-14/h3-10,13,18H,11-12H2,1-2H3. The molecule has 1 aliphatic carbocycles. The number of fused-ring (bicyclic) bond motifs is 1. The summed E-state index contributed by atoms with van der Waals surface area (Å²) in [5, 5.41) is 0.765. The van der Waals surface area contributed by atoms with Crippen LogP contribution in [0.5, 0.6) is 0 Å². The largest absolute Gasteiger partial charge is 0.298 e. The van der Waals surface area contributed by atoms with Gasteiger partial charge in [0.05, 0.1) is 0 Å². The van der Waals surface area contributed by atoms with Crippen LogP contribution in [0.25, 0.3) is 0 Å². The van der Waals surface area contributed by atoms with Crippen molar-refractivity contribution in [3.05, 3.63) is 70.2 Å². The molecule has 3 heteroatoms. The Balaban J connectivity index is 1.73. The zero-order valence-electron chi connectivity index (χ0n) is 12.9. The Hall–Kier alpha value is -1.64. The van der Waals surface area contributed by atoms with E-state index in [1.54, 1.807) is 0 Å². The third-order valence-corrected chi connectivity index (χ3v) is 4.83. The fourth-order valence-corrected chi connectivity index (χ4v) is 3.48. The van der Waals surface area contributed by atoms with Gasteiger partial charge >= 0.3 is 0 Å². The Morgan fingerprint density at radius 2 is 1.77 bits per heavy atom. The van der Waals surface area contributed by atoms with Crippen LogP contribution in [0.2, 0.25) is 5.02 Å². The van der Waals surface area contributed by atoms with E-state index in [-0.39, 0.29) is 17.7 Å². The van der Waals surface area contributed by atoms with Gasteiger partial charge in [-0.15, -0.1) is 0 Å². The van der Waals surface area contributed by atoms with Crippen molar-refractivity contribution in [1.29, 1.82) is 0 Å². The Labute approximate surface area is 136 Å². The van der Waals surface area contributed by atoms with Crippen LogP contribution < -0.4 is 0 Å². The summed E-state index contributed by atoms with van der Waals surface area (Å²) < 4.78 is 0. The summed E-state index contributed by atoms with van der Waals surface area (Å²) in [5.41, 5.74) is 3.32. The molecule has 0 aliphatic heterocycles. The molecule has 2 atom stereocenters. The average Bonchev–Trinajstić information content (AvgIpc) is 2.79. The number of nitrogens with zero attached hydrogens (tertiary/aromatic N) is 1. The maximum atomic E-state index is 12.4. The molecule has 0 fully saturated rings. The molecule has 0 bridgehead atoms. The van der Waals surface area contributed by atoms with E-state index in [4.69, 9.17) is 11.6 Å². The van der Waals surface area contributed by atoms with Gasteiger partial charge in [0, 0.05) is 29.1 Å². The first kappa shape index (κ1) is 15.3. The van der Waals surface area contributed by atoms with Crippen LogP contribution in [-0.2, 0) is 6.42 Å². The lowest BCUT2D eigenvalue weighted by atomic mass is 10.0. The zero-order valence-corrected chi connectivity index (χ0v) is 13.7. The van der Waals surface area contributed by atoms with E-state index in [9.17, 15) is 4.79 Å². The summed E-state index contributed by atoms with van der Waals surface area (Å²) in [4.78, 5) is 14.7. The molecule has 0 heterocycles. The molecule has 3 rings (SSSR count). The zero-order chi connectivity index (χ0) is 15.7. The summed E-state index contributed by atoms with van der Waals surface area (Å²) in [6.45, 7) is 2.95. The van der Waals surface area contributed by atoms with Crippen molar-refractivity contribution in [2.45, 2.75) is 19.4 Å². The minimum absolute atomic E-state index is 0.0209. The molecular weight excluding hydrogens is 294 g/mol. The van der Waals surface area contributed by atoms with Crippen LogP contribution in [-0.4, -0.2) is 24.3 Å². The fraction of sp³-hybridized carbons (Fsp3) is 0.316. The van der Waals surface area contributed by atoms with Crippen LogP contribution in [0.3, 0.4) is 0 Å². The van der Waals surface area contributed by atoms with Gasteiger partial charge in [0.2, 0.25) is 0 Å². The third kappa shape index (κ3) is 2.81. The molecule has 2 aromatic rings. The minimum atomic E-state index is 0.0209. The summed E-state index contributed by atoms with van der Waals surface area (Å²) in [6, 6.07) is 16.1. The number of Topliss-reactive ketones (excluding diaryl/α,β-unsaturated/α-hetero) is 1. The number of hydrogen-bond donors (Lipinski definition) is 0. The molecule has 0 saturated carbocycles. The summed E-state index contributed by atoms with van der Waals surface area (Å²) in [5.74, 6) is 0.284. The first-order chi connectivity index (χ1) is 10.6. The summed E-state index contributed by atoms with van der Waals surface area (Å²) in [6.07, 6.45) is 0.952. The second-order valence-electron chi connectivity index (χ2n) is 6.04. The van der Waals surface area contributed by atoms with Gasteiger partial charge in [-0.2, -0.15) is 0 Å². The molecule has 0 aromatic heterocycles. The van der Waals surface area contributed by atoms with Crippen LogP contribution in [0.1, 0.15) is 34.5 Å². The van der Waals surface area contributed by atoms with Crippen molar-refractivity contribution in [1.82, 2.24) is 4.90 Å². The number of carbonyl (C=O) groups is 1. The van der Waals surface area contributed by atoms with E-state index in [1.165, 1.54) is 11.1 Å². The SMILES string of the molecule is CC1C(=O)c2ccccc2C1N(C)CCc1ccc(Cl)cc1. The first-order valence-corrected chi connectivity index (χ1v) is 8.03. The highest BCUT2D eigenvalue weighted by Crippen LogP contribution is 2.39. The van der Waals surface area contributed by atoms with Crippen molar-refractivity contribution in [2.24, 2.45) is 5.92 Å². The first-order valence-electron chi connectivity index (χ1n) is 7.66. The molecule has 0 amide bonds. The van der Waals surface area contributed by atoms with Crippen molar-refractivity contribution >= 4 is 17.4 Å². The molecule has 0 saturated heterocycles. The van der Waals surface area contributed by atoms with Gasteiger partial charge in [0.15, 0.2) is 5.78 Å². The average molecular weight is 314 g/mol. The number of halogens is 1. The van der Waals surface area contributed by atoms with Gasteiger partial charge in [-0.05, 0) is 36.7 Å². The van der Waals surface area contributed by atoms with Crippen LogP contribution >= 0.6 is 11.6 Å². The molecule has 114 valence electrons. The van der Waals surface area contributed by atoms with Gasteiger partial charge in [0.1, 0.15) is 0 Å². The second kappa shape index (κ2) is 6.23. The Bertz CT molecular complexity index is 680. The molecular formula is C19H20ClNO. The molecule has 2 unspecified atom stereocenters. The lowest BCUT2D eigenvalue weighted by Crippen LogP contribution is -2.30. The van der Waals surface area contributed by atoms with E-state index >= 15 is 0 Å². The Morgan fingerprint density at radius 3 is 2.50 bits per heavy atom. The molecule has 2 aromatic carbocycles. The van der Waals surface area contributed by atoms with Crippen molar-refractivity contribution in [3.8, 4) is 0 Å². The van der Waals surface area contributed by atoms with E-state index in [2.05, 4.69) is 30.1 Å². The lowest BCUT2D eigenvalue weighted by Gasteiger charge is -2.28. The highest BCUT2D eigenvalue weighted by Gasteiger charge is 2.38. The number of carbonyl (C=O) groups excluding carboxylic acids is 1. The van der Waals surface area contributed by atoms with Gasteiger partial charge in [-0.25, -0.2) is 0 Å². The normalized spacial score (nSPS) is 20.5. The van der Waals surface area contributed by atoms with E-state index in [0.717, 1.165) is 23.6 Å². The smallest absolute Gasteiger partial charge is 0.167 e. The minimum Gasteiger partial charge on any atom is -0.298 e. The summed E-state index contributed by atoms with van der Waals surface area (Å²) in [7, 11) is 2.10. The summed E-state index contributed by atoms with van der Waals surface area (Å²) >= 11 is 5.92. The van der Waals surface area contributed by atoms with Crippen molar-refractivity contribution in [2.75, 3.05) is 13.6 Å². The maximum absolute atomic E-state index is 12.4. The fourth-order valence-electron chi connectivity index (χ4n) is 3.35. The molecule has 22 heavy (non-hydrogen) atoms. The monoisotopic (exact) mass is 313 g/mol. The number of ketones is 1. The molecule has 0 radical (unpaired) electrons. The highest BCUT2D eigenvalue weighted by atomic mass is 35.5. The molecule has 2 nitrogen and oxygen atoms in total. The lowest BCUT2D eigenvalue weighted by molar-refractivity contribution is 0.0877. The quantitative estimate of drug-likeness (QED) is 0.834. The molecule has 0 N–H and O–H groups in total. The number of benzene rings is 2. The van der Waals surface area contributed by atoms with Crippen LogP contribution in [0.15, 0.2) is 48.5 Å². The van der Waals surface area contributed by atoms with E-state index in [1.807, 2.05) is 37.3 Å². The maximum Gasteiger partial charge on any atom is 0.167 e. The Kier molecular flexibility index (Phi) is 4.32. The van der Waals surface area contributed by atoms with Gasteiger partial charge in [0.25, 0.3) is 0 Å². The van der Waals surface area contributed by atoms with E-state index in [0.29, 0.717) is 0 Å². The molecule has 1 aliphatic rings. The van der Waals surface area contributed by atoms with Crippen LogP contribution in [0.4, 0.5) is 0 Å². The second-order valence-corrected chi connectivity index (χ2v) is 6.48. The predicted octanol–water partition coefficient (Wildman–Crippen LogP) is 4.39. The predicted molar refractivity (Wildman–Crippen MR) is 90.5 cm³/mol. The third-order valence-electron chi connectivity index (χ3n) is 4.57. The Morgan fingerprint density at radius 1 is 1.09 bits per heavy atom. The highest BCUT2D eigenvalue weighted by molar-refractivity contribution is 6.30. The number of hydrogen-bond acceptors (Lipinski definition) is 2. The topological polar surface area (TPSA) is 20.3 Å². The van der Waals surface area contributed by atoms with Crippen LogP contribution in [0, 0.1) is 5.92 Å². The van der Waals surface area contributed by atoms with Gasteiger partial charge < -0.3 is 0 Å². The van der Waals surface area contributed by atoms with E-state index < -0.39 is 0 Å². The number of rotatable bonds is 4.